The molecule has 2 aromatic rings. The SMILES string of the molecule is CC(C)(C1C=C([Si](C)(C)C)c2ccccc21)C1C=C([Si](C)(C)C)c2ccccc21.[LiH].[LiH]. The summed E-state index contributed by atoms with van der Waals surface area (Å²) < 4.78 is 0. The molecule has 4 heteroatoms. The third-order valence-electron chi connectivity index (χ3n) is 7.06. The Kier molecular flexibility index (Phi) is 7.83. The van der Waals surface area contributed by atoms with Crippen molar-refractivity contribution in [3.63, 3.8) is 0 Å². The number of hydrogen-bond acceptors (Lipinski definition) is 0. The van der Waals surface area contributed by atoms with Crippen molar-refractivity contribution in [1.82, 2.24) is 0 Å². The Hall–Kier alpha value is -0.451. The molecule has 0 aliphatic heterocycles. The van der Waals surface area contributed by atoms with Crippen molar-refractivity contribution < 1.29 is 0 Å². The molecule has 0 saturated heterocycles. The molecule has 0 nitrogen and oxygen atoms in total. The summed E-state index contributed by atoms with van der Waals surface area (Å²) in [5.74, 6) is 0.937. The first kappa shape index (κ1) is 26.8. The van der Waals surface area contributed by atoms with Crippen LogP contribution >= 0.6 is 0 Å². The van der Waals surface area contributed by atoms with E-state index in [4.69, 9.17) is 0 Å². The van der Waals surface area contributed by atoms with Crippen LogP contribution in [0.4, 0.5) is 0 Å². The summed E-state index contributed by atoms with van der Waals surface area (Å²) in [5.41, 5.74) is 6.26. The van der Waals surface area contributed by atoms with Gasteiger partial charge in [0.15, 0.2) is 0 Å². The van der Waals surface area contributed by atoms with Crippen molar-refractivity contribution in [3.05, 3.63) is 82.9 Å². The van der Waals surface area contributed by atoms with E-state index in [2.05, 4.69) is 114 Å². The van der Waals surface area contributed by atoms with Crippen molar-refractivity contribution in [2.24, 2.45) is 5.41 Å². The summed E-state index contributed by atoms with van der Waals surface area (Å²) in [4.78, 5) is 0. The van der Waals surface area contributed by atoms with Crippen molar-refractivity contribution in [2.75, 3.05) is 0 Å². The standard InChI is InChI=1S/C27H36Si2.2Li.2H/c1-27(2,23-17-25(28(3,4)5)21-15-11-9-13-19(21)23)24-18-26(29(6,7)8)22-16-12-10-14-20(22)24;;;;/h9-18,23-24H,1-8H3;;;;. The van der Waals surface area contributed by atoms with Crippen molar-refractivity contribution in [3.8, 4) is 0 Å². The van der Waals surface area contributed by atoms with Gasteiger partial charge in [0.25, 0.3) is 0 Å². The second kappa shape index (κ2) is 9.06. The van der Waals surface area contributed by atoms with Gasteiger partial charge in [-0.2, -0.15) is 0 Å². The van der Waals surface area contributed by atoms with Gasteiger partial charge in [-0.1, -0.05) is 124 Å². The normalized spacial score (nSPS) is 20.1. The predicted molar refractivity (Wildman–Crippen MR) is 149 cm³/mol. The zero-order valence-electron chi connectivity index (χ0n) is 19.4. The van der Waals surface area contributed by atoms with E-state index in [-0.39, 0.29) is 43.1 Å². The van der Waals surface area contributed by atoms with Gasteiger partial charge in [-0.25, -0.2) is 0 Å². The molecule has 0 bridgehead atoms. The molecule has 2 atom stereocenters. The van der Waals surface area contributed by atoms with E-state index >= 15 is 0 Å². The van der Waals surface area contributed by atoms with E-state index in [1.54, 1.807) is 21.5 Å². The van der Waals surface area contributed by atoms with Crippen LogP contribution in [0.2, 0.25) is 39.3 Å². The first-order valence-electron chi connectivity index (χ1n) is 11.1. The van der Waals surface area contributed by atoms with Gasteiger partial charge in [0.2, 0.25) is 0 Å². The Morgan fingerprint density at radius 1 is 0.581 bits per heavy atom. The average Bonchev–Trinajstić information content (AvgIpc) is 3.21. The number of hydrogen-bond donors (Lipinski definition) is 0. The molecule has 0 N–H and O–H groups in total. The summed E-state index contributed by atoms with van der Waals surface area (Å²) in [6, 6.07) is 18.4. The predicted octanol–water partition coefficient (Wildman–Crippen LogP) is 6.83. The van der Waals surface area contributed by atoms with Gasteiger partial charge in [-0.05, 0) is 27.7 Å². The van der Waals surface area contributed by atoms with Crippen molar-refractivity contribution in [2.45, 2.75) is 65.0 Å². The van der Waals surface area contributed by atoms with Gasteiger partial charge >= 0.3 is 37.7 Å². The zero-order chi connectivity index (χ0) is 21.2. The summed E-state index contributed by atoms with van der Waals surface area (Å²) in [5, 5.41) is 3.29. The summed E-state index contributed by atoms with van der Waals surface area (Å²) >= 11 is 0. The summed E-state index contributed by atoms with van der Waals surface area (Å²) in [7, 11) is -2.80. The van der Waals surface area contributed by atoms with Gasteiger partial charge in [-0.3, -0.25) is 0 Å². The maximum atomic E-state index is 2.65. The van der Waals surface area contributed by atoms with Gasteiger partial charge in [-0.15, -0.1) is 0 Å². The van der Waals surface area contributed by atoms with Gasteiger partial charge in [0.05, 0.1) is 16.1 Å². The molecule has 0 radical (unpaired) electrons. The zero-order valence-corrected chi connectivity index (χ0v) is 21.4. The molecule has 2 aliphatic rings. The van der Waals surface area contributed by atoms with Crippen molar-refractivity contribution in [1.29, 1.82) is 0 Å². The molecule has 4 rings (SSSR count). The molecule has 2 aliphatic carbocycles. The van der Waals surface area contributed by atoms with Gasteiger partial charge < -0.3 is 0 Å². The van der Waals surface area contributed by atoms with Crippen LogP contribution in [0.25, 0.3) is 10.4 Å². The van der Waals surface area contributed by atoms with E-state index in [0.29, 0.717) is 11.8 Å². The first-order valence-corrected chi connectivity index (χ1v) is 18.1. The number of allylic oxidation sites excluding steroid dienone is 2. The van der Waals surface area contributed by atoms with Gasteiger partial charge in [0, 0.05) is 11.8 Å². The topological polar surface area (TPSA) is 0 Å². The number of fused-ring (bicyclic) bond motifs is 2. The number of rotatable bonds is 4. The molecule has 0 amide bonds. The van der Waals surface area contributed by atoms with Gasteiger partial charge in [0.1, 0.15) is 0 Å². The van der Waals surface area contributed by atoms with Crippen LogP contribution in [0.5, 0.6) is 0 Å². The molecule has 2 unspecified atom stereocenters. The van der Waals surface area contributed by atoms with Crippen LogP contribution in [0.15, 0.2) is 60.7 Å². The second-order valence-corrected chi connectivity index (χ2v) is 21.7. The fourth-order valence-corrected chi connectivity index (χ4v) is 8.86. The minimum absolute atomic E-state index is 0. The molecule has 2 aromatic carbocycles. The van der Waals surface area contributed by atoms with Crippen LogP contribution in [-0.4, -0.2) is 53.9 Å². The second-order valence-electron chi connectivity index (χ2n) is 11.6. The van der Waals surface area contributed by atoms with E-state index in [0.717, 1.165) is 0 Å². The quantitative estimate of drug-likeness (QED) is 0.464. The monoisotopic (exact) mass is 432 g/mol. The third kappa shape index (κ3) is 4.64. The van der Waals surface area contributed by atoms with Crippen LogP contribution in [0.3, 0.4) is 0 Å². The first-order chi connectivity index (χ1) is 13.4. The molecule has 31 heavy (non-hydrogen) atoms. The maximum absolute atomic E-state index is 2.65. The molecule has 0 saturated carbocycles. The fraction of sp³-hybridized carbons (Fsp3) is 0.407. The molecule has 0 aromatic heterocycles. The molecule has 0 heterocycles. The Morgan fingerprint density at radius 3 is 1.23 bits per heavy atom. The Bertz CT molecular complexity index is 939. The molecular formula is C27H38Li2Si2. The van der Waals surface area contributed by atoms with E-state index in [9.17, 15) is 0 Å². The van der Waals surface area contributed by atoms with Crippen LogP contribution in [-0.2, 0) is 0 Å². The average molecular weight is 433 g/mol. The van der Waals surface area contributed by atoms with E-state index in [1.807, 2.05) is 0 Å². The molecule has 0 spiro atoms. The molecular weight excluding hydrogens is 394 g/mol. The Labute approximate surface area is 216 Å². The number of benzene rings is 2. The van der Waals surface area contributed by atoms with E-state index < -0.39 is 16.1 Å². The summed E-state index contributed by atoms with van der Waals surface area (Å²) in [6.45, 7) is 19.9. The summed E-state index contributed by atoms with van der Waals surface area (Å²) in [6.07, 6.45) is 5.31. The van der Waals surface area contributed by atoms with Crippen LogP contribution in [0, 0.1) is 5.41 Å². The Balaban J connectivity index is 0.00000171. The minimum atomic E-state index is -1.40. The Morgan fingerprint density at radius 2 is 0.903 bits per heavy atom. The molecule has 156 valence electrons. The van der Waals surface area contributed by atoms with Crippen molar-refractivity contribution >= 4 is 64.3 Å². The van der Waals surface area contributed by atoms with Crippen LogP contribution < -0.4 is 0 Å². The molecule has 0 fully saturated rings. The van der Waals surface area contributed by atoms with Crippen LogP contribution in [0.1, 0.15) is 47.9 Å². The fourth-order valence-electron chi connectivity index (χ4n) is 5.45. The third-order valence-corrected chi connectivity index (χ3v) is 11.2. The van der Waals surface area contributed by atoms with E-state index in [1.165, 1.54) is 11.1 Å².